The van der Waals surface area contributed by atoms with E-state index in [1.807, 2.05) is 23.1 Å². The smallest absolute Gasteiger partial charge is 0.251 e. The van der Waals surface area contributed by atoms with Crippen LogP contribution in [0.4, 0.5) is 0 Å². The minimum atomic E-state index is -0.602. The van der Waals surface area contributed by atoms with Crippen molar-refractivity contribution in [3.05, 3.63) is 53.6 Å². The van der Waals surface area contributed by atoms with E-state index in [-0.39, 0.29) is 24.0 Å². The fourth-order valence-electron chi connectivity index (χ4n) is 4.92. The van der Waals surface area contributed by atoms with Gasteiger partial charge in [-0.25, -0.2) is 0 Å². The summed E-state index contributed by atoms with van der Waals surface area (Å²) in [6, 6.07) is 12.6. The van der Waals surface area contributed by atoms with Crippen molar-refractivity contribution in [2.75, 3.05) is 33.9 Å². The summed E-state index contributed by atoms with van der Waals surface area (Å²) in [6.45, 7) is 1.72. The summed E-state index contributed by atoms with van der Waals surface area (Å²) in [7, 11) is 3.09. The molecule has 0 bridgehead atoms. The molecule has 1 N–H and O–H groups in total. The molecule has 1 spiro atoms. The van der Waals surface area contributed by atoms with Crippen LogP contribution in [0.15, 0.2) is 42.5 Å². The Morgan fingerprint density at radius 1 is 1.03 bits per heavy atom. The molecule has 0 aliphatic carbocycles. The fourth-order valence-corrected chi connectivity index (χ4v) is 4.92. The lowest BCUT2D eigenvalue weighted by molar-refractivity contribution is -0.134. The van der Waals surface area contributed by atoms with Crippen LogP contribution in [0.1, 0.15) is 65.7 Å². The van der Waals surface area contributed by atoms with Crippen LogP contribution in [0.2, 0.25) is 0 Å². The Balaban J connectivity index is 1.21. The molecular weight excluding hydrogens is 460 g/mol. The number of Topliss-reactive ketones (excluding diaryl/α,β-unsaturated/α-hetero) is 1. The van der Waals surface area contributed by atoms with E-state index >= 15 is 0 Å². The number of hydrogen-bond donors (Lipinski definition) is 1. The summed E-state index contributed by atoms with van der Waals surface area (Å²) < 4.78 is 17.1. The standard InChI is InChI=1S/C28H34N2O6/c1-34-21-17-23(35-2)26-22(31)19-28(36-24(26)18-21)12-15-30(16-13-28)25(32)11-7-4-8-14-29-27(33)20-9-5-3-6-10-20/h3,5-6,9-10,17-18H,4,7-8,11-16,19H2,1-2H3,(H,29,33). The summed E-state index contributed by atoms with van der Waals surface area (Å²) in [6.07, 6.45) is 4.46. The number of hydrogen-bond acceptors (Lipinski definition) is 6. The van der Waals surface area contributed by atoms with Gasteiger partial charge in [-0.15, -0.1) is 0 Å². The zero-order valence-corrected chi connectivity index (χ0v) is 21.0. The van der Waals surface area contributed by atoms with Crippen molar-refractivity contribution in [1.29, 1.82) is 0 Å². The van der Waals surface area contributed by atoms with E-state index in [0.29, 0.717) is 67.3 Å². The maximum absolute atomic E-state index is 13.0. The number of carbonyl (C=O) groups excluding carboxylic acids is 3. The van der Waals surface area contributed by atoms with Crippen molar-refractivity contribution in [3.8, 4) is 17.2 Å². The molecule has 0 unspecified atom stereocenters. The number of benzene rings is 2. The number of fused-ring (bicyclic) bond motifs is 1. The summed E-state index contributed by atoms with van der Waals surface area (Å²) >= 11 is 0. The van der Waals surface area contributed by atoms with E-state index in [2.05, 4.69) is 5.32 Å². The largest absolute Gasteiger partial charge is 0.496 e. The van der Waals surface area contributed by atoms with Crippen molar-refractivity contribution in [1.82, 2.24) is 10.2 Å². The van der Waals surface area contributed by atoms with E-state index < -0.39 is 5.60 Å². The Morgan fingerprint density at radius 3 is 2.47 bits per heavy atom. The molecule has 192 valence electrons. The van der Waals surface area contributed by atoms with Crippen LogP contribution in [-0.4, -0.2) is 62.0 Å². The molecule has 2 aromatic carbocycles. The number of unbranched alkanes of at least 4 members (excludes halogenated alkanes) is 2. The molecule has 2 aliphatic rings. The lowest BCUT2D eigenvalue weighted by Crippen LogP contribution is -2.52. The highest BCUT2D eigenvalue weighted by molar-refractivity contribution is 6.03. The first-order chi connectivity index (χ1) is 17.4. The van der Waals surface area contributed by atoms with Gasteiger partial charge in [-0.05, 0) is 25.0 Å². The first-order valence-electron chi connectivity index (χ1n) is 12.5. The quantitative estimate of drug-likeness (QED) is 0.529. The van der Waals surface area contributed by atoms with Gasteiger partial charge in [0, 0.05) is 56.6 Å². The second-order valence-electron chi connectivity index (χ2n) is 9.40. The van der Waals surface area contributed by atoms with Gasteiger partial charge in [0.05, 0.1) is 20.6 Å². The number of nitrogens with zero attached hydrogens (tertiary/aromatic N) is 1. The fraction of sp³-hybridized carbons (Fsp3) is 0.464. The highest BCUT2D eigenvalue weighted by Crippen LogP contribution is 2.44. The van der Waals surface area contributed by atoms with Gasteiger partial charge in [-0.3, -0.25) is 14.4 Å². The highest BCUT2D eigenvalue weighted by atomic mass is 16.5. The predicted octanol–water partition coefficient (Wildman–Crippen LogP) is 4.02. The normalized spacial score (nSPS) is 16.2. The third-order valence-electron chi connectivity index (χ3n) is 7.00. The van der Waals surface area contributed by atoms with Gasteiger partial charge < -0.3 is 24.4 Å². The van der Waals surface area contributed by atoms with Crippen LogP contribution in [0.25, 0.3) is 0 Å². The number of likely N-dealkylation sites (tertiary alicyclic amines) is 1. The molecule has 2 aromatic rings. The predicted molar refractivity (Wildman–Crippen MR) is 135 cm³/mol. The maximum Gasteiger partial charge on any atom is 0.251 e. The van der Waals surface area contributed by atoms with Crippen molar-refractivity contribution in [3.63, 3.8) is 0 Å². The topological polar surface area (TPSA) is 94.2 Å². The zero-order valence-electron chi connectivity index (χ0n) is 21.0. The van der Waals surface area contributed by atoms with Crippen molar-refractivity contribution in [2.24, 2.45) is 0 Å². The number of amides is 2. The molecule has 2 amide bonds. The number of piperidine rings is 1. The summed E-state index contributed by atoms with van der Waals surface area (Å²) in [5, 5.41) is 2.92. The summed E-state index contributed by atoms with van der Waals surface area (Å²) in [4.78, 5) is 39.7. The van der Waals surface area contributed by atoms with Crippen LogP contribution in [0, 0.1) is 0 Å². The third kappa shape index (κ3) is 5.80. The zero-order chi connectivity index (χ0) is 25.5. The lowest BCUT2D eigenvalue weighted by atomic mass is 9.82. The molecular formula is C28H34N2O6. The Bertz CT molecular complexity index is 1090. The van der Waals surface area contributed by atoms with E-state index in [4.69, 9.17) is 14.2 Å². The number of methoxy groups -OCH3 is 2. The third-order valence-corrected chi connectivity index (χ3v) is 7.00. The average Bonchev–Trinajstić information content (AvgIpc) is 2.90. The van der Waals surface area contributed by atoms with Gasteiger partial charge in [-0.1, -0.05) is 24.6 Å². The molecule has 0 saturated carbocycles. The number of rotatable bonds is 9. The Kier molecular flexibility index (Phi) is 8.13. The highest BCUT2D eigenvalue weighted by Gasteiger charge is 2.44. The van der Waals surface area contributed by atoms with E-state index in [9.17, 15) is 14.4 Å². The van der Waals surface area contributed by atoms with E-state index in [0.717, 1.165) is 19.3 Å². The van der Waals surface area contributed by atoms with Gasteiger partial charge in [0.2, 0.25) is 5.91 Å². The minimum Gasteiger partial charge on any atom is -0.496 e. The van der Waals surface area contributed by atoms with Crippen molar-refractivity contribution in [2.45, 2.75) is 50.5 Å². The molecule has 1 saturated heterocycles. The first-order valence-corrected chi connectivity index (χ1v) is 12.5. The van der Waals surface area contributed by atoms with Gasteiger partial charge >= 0.3 is 0 Å². The monoisotopic (exact) mass is 494 g/mol. The van der Waals surface area contributed by atoms with E-state index in [1.165, 1.54) is 7.11 Å². The van der Waals surface area contributed by atoms with Crippen LogP contribution in [0.5, 0.6) is 17.2 Å². The summed E-state index contributed by atoms with van der Waals surface area (Å²) in [5.74, 6) is 1.57. The molecule has 0 aromatic heterocycles. The Hall–Kier alpha value is -3.55. The molecule has 1 fully saturated rings. The molecule has 2 heterocycles. The molecule has 8 nitrogen and oxygen atoms in total. The van der Waals surface area contributed by atoms with Gasteiger partial charge in [0.25, 0.3) is 5.91 Å². The molecule has 8 heteroatoms. The van der Waals surface area contributed by atoms with Gasteiger partial charge in [0.15, 0.2) is 5.78 Å². The van der Waals surface area contributed by atoms with Crippen LogP contribution in [-0.2, 0) is 4.79 Å². The minimum absolute atomic E-state index is 0.00474. The molecule has 36 heavy (non-hydrogen) atoms. The first kappa shape index (κ1) is 25.5. The second kappa shape index (κ2) is 11.5. The van der Waals surface area contributed by atoms with Gasteiger partial charge in [-0.2, -0.15) is 0 Å². The van der Waals surface area contributed by atoms with Crippen LogP contribution >= 0.6 is 0 Å². The van der Waals surface area contributed by atoms with Crippen LogP contribution in [0.3, 0.4) is 0 Å². The second-order valence-corrected chi connectivity index (χ2v) is 9.40. The molecule has 4 rings (SSSR count). The summed E-state index contributed by atoms with van der Waals surface area (Å²) in [5.41, 5.74) is 0.512. The SMILES string of the molecule is COc1cc(OC)c2c(c1)OC1(CCN(C(=O)CCCCCNC(=O)c3ccccc3)CC1)CC2=O. The maximum atomic E-state index is 13.0. The van der Waals surface area contributed by atoms with Crippen LogP contribution < -0.4 is 19.5 Å². The Morgan fingerprint density at radius 2 is 1.78 bits per heavy atom. The average molecular weight is 495 g/mol. The van der Waals surface area contributed by atoms with E-state index in [1.54, 1.807) is 31.4 Å². The molecule has 0 atom stereocenters. The molecule has 2 aliphatic heterocycles. The number of carbonyl (C=O) groups is 3. The Labute approximate surface area is 211 Å². The molecule has 0 radical (unpaired) electrons. The number of nitrogens with one attached hydrogen (secondary N) is 1. The lowest BCUT2D eigenvalue weighted by Gasteiger charge is -2.44. The number of ether oxygens (including phenoxy) is 3. The number of ketones is 1. The van der Waals surface area contributed by atoms with Gasteiger partial charge in [0.1, 0.15) is 28.4 Å². The van der Waals surface area contributed by atoms with Crippen molar-refractivity contribution >= 4 is 17.6 Å². The van der Waals surface area contributed by atoms with Crippen molar-refractivity contribution < 1.29 is 28.6 Å².